The molecule has 34 heavy (non-hydrogen) atoms. The summed E-state index contributed by atoms with van der Waals surface area (Å²) in [5.41, 5.74) is 1.24. The Kier molecular flexibility index (Phi) is 6.51. The first-order valence-electron chi connectivity index (χ1n) is 10.3. The number of ether oxygens (including phenoxy) is 1. The average molecular weight is 486 g/mol. The van der Waals surface area contributed by atoms with Gasteiger partial charge in [0, 0.05) is 37.9 Å². The number of anilines is 3. The Morgan fingerprint density at radius 1 is 1.03 bits per heavy atom. The number of nitrogens with one attached hydrogen (secondary N) is 1. The Hall–Kier alpha value is -3.91. The number of nitriles is 1. The molecular formula is C23H21F2N5O3S. The molecule has 3 aromatic rings. The standard InChI is InChI=1S/C23H21F2N5O3S/c1-33-20-5-3-19(4-6-20)29-8-10-30(11-9-29)23-16(14-26)12-18(15-27-23)28-34(31,32)22-7-2-17(24)13-21(22)25/h2-7,12-13,15,28H,8-11H2,1H3. The number of hydrogen-bond donors (Lipinski definition) is 1. The van der Waals surface area contributed by atoms with E-state index in [2.05, 4.69) is 14.6 Å². The van der Waals surface area contributed by atoms with Gasteiger partial charge >= 0.3 is 0 Å². The molecule has 1 saturated heterocycles. The van der Waals surface area contributed by atoms with E-state index in [-0.39, 0.29) is 11.3 Å². The summed E-state index contributed by atoms with van der Waals surface area (Å²) < 4.78 is 59.5. The van der Waals surface area contributed by atoms with Gasteiger partial charge in [-0.05, 0) is 42.5 Å². The van der Waals surface area contributed by atoms with Gasteiger partial charge in [0.05, 0.1) is 24.6 Å². The van der Waals surface area contributed by atoms with Crippen LogP contribution >= 0.6 is 0 Å². The maximum absolute atomic E-state index is 13.9. The van der Waals surface area contributed by atoms with Crippen molar-refractivity contribution in [2.45, 2.75) is 4.90 Å². The number of hydrogen-bond acceptors (Lipinski definition) is 7. The van der Waals surface area contributed by atoms with Gasteiger partial charge in [0.2, 0.25) is 0 Å². The van der Waals surface area contributed by atoms with Crippen molar-refractivity contribution in [1.29, 1.82) is 5.26 Å². The van der Waals surface area contributed by atoms with Crippen LogP contribution in [0.25, 0.3) is 0 Å². The van der Waals surface area contributed by atoms with Gasteiger partial charge in [0.1, 0.15) is 34.2 Å². The number of halogens is 2. The van der Waals surface area contributed by atoms with Crippen molar-refractivity contribution in [3.8, 4) is 11.8 Å². The molecule has 4 rings (SSSR count). The summed E-state index contributed by atoms with van der Waals surface area (Å²) in [5, 5.41) is 9.63. The van der Waals surface area contributed by atoms with Gasteiger partial charge in [0.15, 0.2) is 0 Å². The minimum Gasteiger partial charge on any atom is -0.497 e. The van der Waals surface area contributed by atoms with Crippen LogP contribution in [0.5, 0.6) is 5.75 Å². The van der Waals surface area contributed by atoms with Crippen molar-refractivity contribution in [1.82, 2.24) is 4.98 Å². The summed E-state index contributed by atoms with van der Waals surface area (Å²) in [4.78, 5) is 7.76. The second-order valence-corrected chi connectivity index (χ2v) is 9.21. The topological polar surface area (TPSA) is 98.6 Å². The predicted octanol–water partition coefficient (Wildman–Crippen LogP) is 3.37. The lowest BCUT2D eigenvalue weighted by molar-refractivity contribution is 0.415. The third-order valence-corrected chi connectivity index (χ3v) is 6.85. The van der Waals surface area contributed by atoms with E-state index in [0.29, 0.717) is 38.1 Å². The van der Waals surface area contributed by atoms with Gasteiger partial charge in [-0.15, -0.1) is 0 Å². The molecule has 1 fully saturated rings. The molecule has 0 bridgehead atoms. The zero-order valence-corrected chi connectivity index (χ0v) is 19.0. The van der Waals surface area contributed by atoms with E-state index < -0.39 is 26.6 Å². The summed E-state index contributed by atoms with van der Waals surface area (Å²) >= 11 is 0. The largest absolute Gasteiger partial charge is 0.497 e. The molecule has 8 nitrogen and oxygen atoms in total. The van der Waals surface area contributed by atoms with Crippen molar-refractivity contribution in [2.24, 2.45) is 0 Å². The number of nitrogens with zero attached hydrogens (tertiary/aromatic N) is 4. The minimum atomic E-state index is -4.34. The van der Waals surface area contributed by atoms with Crippen LogP contribution in [0, 0.1) is 23.0 Å². The number of piperazine rings is 1. The van der Waals surface area contributed by atoms with E-state index >= 15 is 0 Å². The van der Waals surface area contributed by atoms with E-state index in [1.807, 2.05) is 35.2 Å². The summed E-state index contributed by atoms with van der Waals surface area (Å²) in [7, 11) is -2.72. The Morgan fingerprint density at radius 3 is 2.32 bits per heavy atom. The van der Waals surface area contributed by atoms with Crippen LogP contribution < -0.4 is 19.3 Å². The minimum absolute atomic E-state index is 0.000828. The highest BCUT2D eigenvalue weighted by atomic mass is 32.2. The molecule has 0 aliphatic carbocycles. The molecule has 1 aliphatic rings. The van der Waals surface area contributed by atoms with Crippen molar-refractivity contribution in [3.63, 3.8) is 0 Å². The fourth-order valence-corrected chi connectivity index (χ4v) is 4.82. The lowest BCUT2D eigenvalue weighted by Crippen LogP contribution is -2.47. The predicted molar refractivity (Wildman–Crippen MR) is 124 cm³/mol. The quantitative estimate of drug-likeness (QED) is 0.572. The van der Waals surface area contributed by atoms with Crippen molar-refractivity contribution < 1.29 is 21.9 Å². The molecule has 2 aromatic carbocycles. The number of rotatable bonds is 6. The molecule has 0 radical (unpaired) electrons. The summed E-state index contributed by atoms with van der Waals surface area (Å²) in [6.07, 6.45) is 1.27. The van der Waals surface area contributed by atoms with Crippen molar-refractivity contribution in [2.75, 3.05) is 47.8 Å². The molecule has 0 amide bonds. The Labute approximate surface area is 196 Å². The zero-order valence-electron chi connectivity index (χ0n) is 18.2. The Morgan fingerprint density at radius 2 is 1.71 bits per heavy atom. The van der Waals surface area contributed by atoms with E-state index in [1.165, 1.54) is 12.3 Å². The molecule has 176 valence electrons. The molecule has 0 spiro atoms. The van der Waals surface area contributed by atoms with Crippen molar-refractivity contribution >= 4 is 27.2 Å². The lowest BCUT2D eigenvalue weighted by Gasteiger charge is -2.37. The van der Waals surface area contributed by atoms with Crippen LogP contribution in [0.2, 0.25) is 0 Å². The van der Waals surface area contributed by atoms with Gasteiger partial charge in [-0.2, -0.15) is 5.26 Å². The fraction of sp³-hybridized carbons (Fsp3) is 0.217. The average Bonchev–Trinajstić information content (AvgIpc) is 2.83. The number of aromatic nitrogens is 1. The summed E-state index contributed by atoms with van der Waals surface area (Å²) in [5.74, 6) is -0.885. The van der Waals surface area contributed by atoms with Gasteiger partial charge in [0.25, 0.3) is 10.0 Å². The third-order valence-electron chi connectivity index (χ3n) is 5.44. The highest BCUT2D eigenvalue weighted by molar-refractivity contribution is 7.92. The normalized spacial score (nSPS) is 13.9. The third kappa shape index (κ3) is 4.87. The van der Waals surface area contributed by atoms with Gasteiger partial charge in [-0.3, -0.25) is 4.72 Å². The van der Waals surface area contributed by atoms with Crippen LogP contribution in [-0.4, -0.2) is 46.7 Å². The molecular weight excluding hydrogens is 464 g/mol. The van der Waals surface area contributed by atoms with E-state index in [9.17, 15) is 22.5 Å². The van der Waals surface area contributed by atoms with Crippen LogP contribution in [0.4, 0.5) is 26.0 Å². The van der Waals surface area contributed by atoms with Crippen LogP contribution in [0.1, 0.15) is 5.56 Å². The van der Waals surface area contributed by atoms with Crippen LogP contribution in [0.3, 0.4) is 0 Å². The zero-order chi connectivity index (χ0) is 24.3. The van der Waals surface area contributed by atoms with Crippen LogP contribution in [-0.2, 0) is 10.0 Å². The van der Waals surface area contributed by atoms with E-state index in [1.54, 1.807) is 7.11 Å². The molecule has 11 heteroatoms. The van der Waals surface area contributed by atoms with Crippen molar-refractivity contribution in [3.05, 3.63) is 71.9 Å². The highest BCUT2D eigenvalue weighted by Gasteiger charge is 2.23. The van der Waals surface area contributed by atoms with Gasteiger partial charge < -0.3 is 14.5 Å². The Bertz CT molecular complexity index is 1340. The molecule has 0 saturated carbocycles. The number of benzene rings is 2. The second kappa shape index (κ2) is 9.52. The molecule has 1 N–H and O–H groups in total. The van der Waals surface area contributed by atoms with Gasteiger partial charge in [-0.1, -0.05) is 0 Å². The number of pyridine rings is 1. The monoisotopic (exact) mass is 485 g/mol. The number of methoxy groups -OCH3 is 1. The van der Waals surface area contributed by atoms with E-state index in [4.69, 9.17) is 4.74 Å². The first-order valence-corrected chi connectivity index (χ1v) is 11.8. The smallest absolute Gasteiger partial charge is 0.264 e. The van der Waals surface area contributed by atoms with Crippen LogP contribution in [0.15, 0.2) is 59.6 Å². The maximum atomic E-state index is 13.9. The first-order chi connectivity index (χ1) is 16.3. The summed E-state index contributed by atoms with van der Waals surface area (Å²) in [6, 6.07) is 13.3. The SMILES string of the molecule is COc1ccc(N2CCN(c3ncc(NS(=O)(=O)c4ccc(F)cc4F)cc3C#N)CC2)cc1. The summed E-state index contributed by atoms with van der Waals surface area (Å²) in [6.45, 7) is 2.63. The van der Waals surface area contributed by atoms with E-state index in [0.717, 1.165) is 23.6 Å². The molecule has 0 unspecified atom stereocenters. The number of sulfonamides is 1. The maximum Gasteiger partial charge on any atom is 0.264 e. The Balaban J connectivity index is 1.48. The van der Waals surface area contributed by atoms with Gasteiger partial charge in [-0.25, -0.2) is 22.2 Å². The highest BCUT2D eigenvalue weighted by Crippen LogP contribution is 2.26. The molecule has 2 heterocycles. The fourth-order valence-electron chi connectivity index (χ4n) is 3.72. The second-order valence-electron chi connectivity index (χ2n) is 7.56. The molecule has 0 atom stereocenters. The first kappa shape index (κ1) is 23.3. The lowest BCUT2D eigenvalue weighted by atomic mass is 10.2. The molecule has 1 aromatic heterocycles. The molecule has 1 aliphatic heterocycles.